The monoisotopic (exact) mass is 378 g/mol. The van der Waals surface area contributed by atoms with Crippen molar-refractivity contribution in [1.82, 2.24) is 10.3 Å². The Morgan fingerprint density at radius 2 is 2.04 bits per heavy atom. The summed E-state index contributed by atoms with van der Waals surface area (Å²) in [6, 6.07) is 10.9. The molecule has 1 aromatic carbocycles. The van der Waals surface area contributed by atoms with E-state index in [2.05, 4.69) is 10.3 Å². The van der Waals surface area contributed by atoms with Crippen LogP contribution in [0.4, 0.5) is 0 Å². The minimum Gasteiger partial charge on any atom is -0.393 e. The lowest BCUT2D eigenvalue weighted by Crippen LogP contribution is -2.48. The van der Waals surface area contributed by atoms with Crippen molar-refractivity contribution in [3.63, 3.8) is 0 Å². The molecule has 0 saturated heterocycles. The number of benzene rings is 1. The summed E-state index contributed by atoms with van der Waals surface area (Å²) >= 11 is 11.9. The Balaban J connectivity index is 1.64. The van der Waals surface area contributed by atoms with Crippen LogP contribution in [-0.2, 0) is 17.6 Å². The van der Waals surface area contributed by atoms with Crippen molar-refractivity contribution in [3.05, 3.63) is 63.9 Å². The van der Waals surface area contributed by atoms with Crippen molar-refractivity contribution in [1.29, 1.82) is 0 Å². The van der Waals surface area contributed by atoms with Gasteiger partial charge in [-0.1, -0.05) is 35.3 Å². The Hall–Kier alpha value is -1.62. The number of aliphatic hydroxyl groups is 1. The number of hydrogen-bond acceptors (Lipinski definition) is 3. The molecule has 0 spiro atoms. The highest BCUT2D eigenvalue weighted by Gasteiger charge is 2.34. The average Bonchev–Trinajstić information content (AvgIpc) is 2.56. The van der Waals surface area contributed by atoms with E-state index in [4.69, 9.17) is 23.2 Å². The van der Waals surface area contributed by atoms with Gasteiger partial charge in [0.1, 0.15) is 0 Å². The summed E-state index contributed by atoms with van der Waals surface area (Å²) in [5, 5.41) is 13.6. The summed E-state index contributed by atoms with van der Waals surface area (Å²) < 4.78 is 0. The Morgan fingerprint density at radius 3 is 2.68 bits per heavy atom. The summed E-state index contributed by atoms with van der Waals surface area (Å²) in [7, 11) is 0. The fourth-order valence-corrected chi connectivity index (χ4v) is 3.45. The van der Waals surface area contributed by atoms with Gasteiger partial charge in [-0.25, -0.2) is 0 Å². The van der Waals surface area contributed by atoms with Gasteiger partial charge in [-0.2, -0.15) is 0 Å². The van der Waals surface area contributed by atoms with Gasteiger partial charge in [-0.3, -0.25) is 9.78 Å². The second-order valence-corrected chi connectivity index (χ2v) is 7.32. The van der Waals surface area contributed by atoms with Gasteiger partial charge in [-0.15, -0.1) is 0 Å². The standard InChI is InChI=1S/C19H20Cl2N2O2/c20-16-5-4-12(7-17(16)21)8-19(25)23-18(13-9-15(24)10-13)11-14-3-1-2-6-22-14/h1-7,13,15,18,24H,8-11H2,(H,23,25)/t13?,15?,18-/m1/s1. The van der Waals surface area contributed by atoms with Crippen LogP contribution in [0, 0.1) is 5.92 Å². The molecule has 1 aromatic heterocycles. The predicted octanol–water partition coefficient (Wildman–Crippen LogP) is 3.43. The quantitative estimate of drug-likeness (QED) is 0.809. The third-order valence-electron chi connectivity index (χ3n) is 4.57. The van der Waals surface area contributed by atoms with Crippen molar-refractivity contribution < 1.29 is 9.90 Å². The van der Waals surface area contributed by atoms with Crippen molar-refractivity contribution in [2.45, 2.75) is 37.8 Å². The Kier molecular flexibility index (Phi) is 5.94. The van der Waals surface area contributed by atoms with E-state index in [9.17, 15) is 9.90 Å². The lowest BCUT2D eigenvalue weighted by atomic mass is 9.76. The molecule has 0 aliphatic heterocycles. The van der Waals surface area contributed by atoms with Crippen LogP contribution in [0.1, 0.15) is 24.1 Å². The van der Waals surface area contributed by atoms with Crippen molar-refractivity contribution in [2.24, 2.45) is 5.92 Å². The maximum Gasteiger partial charge on any atom is 0.224 e. The van der Waals surface area contributed by atoms with E-state index >= 15 is 0 Å². The van der Waals surface area contributed by atoms with Gasteiger partial charge >= 0.3 is 0 Å². The second kappa shape index (κ2) is 8.17. The van der Waals surface area contributed by atoms with E-state index in [1.165, 1.54) is 0 Å². The number of aliphatic hydroxyl groups excluding tert-OH is 1. The van der Waals surface area contributed by atoms with Gasteiger partial charge in [0.25, 0.3) is 0 Å². The van der Waals surface area contributed by atoms with Crippen LogP contribution in [0.25, 0.3) is 0 Å². The molecular formula is C19H20Cl2N2O2. The first-order valence-electron chi connectivity index (χ1n) is 8.32. The molecule has 6 heteroatoms. The molecule has 1 aliphatic carbocycles. The molecule has 1 aliphatic rings. The third kappa shape index (κ3) is 4.94. The second-order valence-electron chi connectivity index (χ2n) is 6.51. The molecule has 0 bridgehead atoms. The largest absolute Gasteiger partial charge is 0.393 e. The van der Waals surface area contributed by atoms with Crippen LogP contribution in [0.5, 0.6) is 0 Å². The molecule has 1 amide bonds. The molecule has 2 aromatic rings. The van der Waals surface area contributed by atoms with Crippen LogP contribution in [0.3, 0.4) is 0 Å². The first kappa shape index (κ1) is 18.2. The maximum absolute atomic E-state index is 12.5. The molecule has 25 heavy (non-hydrogen) atoms. The van der Waals surface area contributed by atoms with Crippen molar-refractivity contribution >= 4 is 29.1 Å². The van der Waals surface area contributed by atoms with Gasteiger partial charge < -0.3 is 10.4 Å². The van der Waals surface area contributed by atoms with Gasteiger partial charge in [-0.05, 0) is 48.6 Å². The number of carbonyl (C=O) groups is 1. The SMILES string of the molecule is O=C(Cc1ccc(Cl)c(Cl)c1)N[C@H](Cc1ccccn1)C1CC(O)C1. The molecule has 2 N–H and O–H groups in total. The van der Waals surface area contributed by atoms with E-state index in [-0.39, 0.29) is 30.4 Å². The number of hydrogen-bond donors (Lipinski definition) is 2. The van der Waals surface area contributed by atoms with Crippen LogP contribution < -0.4 is 5.32 Å². The van der Waals surface area contributed by atoms with Gasteiger partial charge in [0.15, 0.2) is 0 Å². The van der Waals surface area contributed by atoms with E-state index in [1.807, 2.05) is 18.2 Å². The molecular weight excluding hydrogens is 359 g/mol. The molecule has 0 radical (unpaired) electrons. The van der Waals surface area contributed by atoms with E-state index in [0.29, 0.717) is 29.3 Å². The van der Waals surface area contributed by atoms with Crippen LogP contribution in [-0.4, -0.2) is 28.1 Å². The minimum atomic E-state index is -0.261. The highest BCUT2D eigenvalue weighted by molar-refractivity contribution is 6.42. The maximum atomic E-state index is 12.5. The molecule has 4 nitrogen and oxygen atoms in total. The summed E-state index contributed by atoms with van der Waals surface area (Å²) in [5.74, 6) is 0.204. The number of rotatable bonds is 6. The molecule has 3 rings (SSSR count). The van der Waals surface area contributed by atoms with Gasteiger partial charge in [0.05, 0.1) is 22.6 Å². The van der Waals surface area contributed by atoms with Gasteiger partial charge in [0.2, 0.25) is 5.91 Å². The number of aromatic nitrogens is 1. The fourth-order valence-electron chi connectivity index (χ4n) is 3.13. The number of carbonyl (C=O) groups excluding carboxylic acids is 1. The zero-order valence-electron chi connectivity index (χ0n) is 13.7. The highest BCUT2D eigenvalue weighted by Crippen LogP contribution is 2.31. The lowest BCUT2D eigenvalue weighted by Gasteiger charge is -2.38. The number of nitrogens with one attached hydrogen (secondary N) is 1. The molecule has 1 atom stereocenters. The Bertz CT molecular complexity index is 733. The minimum absolute atomic E-state index is 0.0337. The normalized spacial score (nSPS) is 20.6. The average molecular weight is 379 g/mol. The van der Waals surface area contributed by atoms with Crippen molar-refractivity contribution in [3.8, 4) is 0 Å². The van der Waals surface area contributed by atoms with Crippen LogP contribution in [0.2, 0.25) is 10.0 Å². The summed E-state index contributed by atoms with van der Waals surface area (Å²) in [5.41, 5.74) is 1.75. The smallest absolute Gasteiger partial charge is 0.224 e. The first-order valence-corrected chi connectivity index (χ1v) is 9.08. The topological polar surface area (TPSA) is 62.2 Å². The van der Waals surface area contributed by atoms with Gasteiger partial charge in [0, 0.05) is 24.4 Å². The van der Waals surface area contributed by atoms with Crippen LogP contribution in [0.15, 0.2) is 42.6 Å². The Morgan fingerprint density at radius 1 is 1.24 bits per heavy atom. The van der Waals surface area contributed by atoms with Crippen molar-refractivity contribution in [2.75, 3.05) is 0 Å². The van der Waals surface area contributed by atoms with E-state index < -0.39 is 0 Å². The summed E-state index contributed by atoms with van der Waals surface area (Å²) in [6.45, 7) is 0. The zero-order valence-corrected chi connectivity index (χ0v) is 15.2. The number of amides is 1. The fraction of sp³-hybridized carbons (Fsp3) is 0.368. The number of nitrogens with zero attached hydrogens (tertiary/aromatic N) is 1. The highest BCUT2D eigenvalue weighted by atomic mass is 35.5. The molecule has 1 saturated carbocycles. The number of pyridine rings is 1. The third-order valence-corrected chi connectivity index (χ3v) is 5.31. The summed E-state index contributed by atoms with van der Waals surface area (Å²) in [6.07, 6.45) is 3.81. The molecule has 1 heterocycles. The van der Waals surface area contributed by atoms with E-state index in [0.717, 1.165) is 11.3 Å². The van der Waals surface area contributed by atoms with E-state index in [1.54, 1.807) is 24.4 Å². The summed E-state index contributed by atoms with van der Waals surface area (Å²) in [4.78, 5) is 16.8. The lowest BCUT2D eigenvalue weighted by molar-refractivity contribution is -0.122. The first-order chi connectivity index (χ1) is 12.0. The molecule has 132 valence electrons. The molecule has 1 fully saturated rings. The molecule has 0 unspecified atom stereocenters. The zero-order chi connectivity index (χ0) is 17.8. The Labute approximate surface area is 157 Å². The number of halogens is 2. The van der Waals surface area contributed by atoms with Crippen LogP contribution >= 0.6 is 23.2 Å². The predicted molar refractivity (Wildman–Crippen MR) is 98.8 cm³/mol.